The van der Waals surface area contributed by atoms with E-state index in [0.717, 1.165) is 100 Å². The highest BCUT2D eigenvalue weighted by Gasteiger charge is 2.46. The molecule has 0 amide bonds. The number of hydrogen-bond donors (Lipinski definition) is 0. The summed E-state index contributed by atoms with van der Waals surface area (Å²) < 4.78 is 26.3. The van der Waals surface area contributed by atoms with Crippen LogP contribution in [-0.2, 0) is 0 Å². The molecule has 0 atom stereocenters. The Kier molecular flexibility index (Phi) is 4.89. The first kappa shape index (κ1) is 25.0. The van der Waals surface area contributed by atoms with Crippen molar-refractivity contribution in [3.05, 3.63) is 140 Å². The zero-order valence-electron chi connectivity index (χ0n) is 25.0. The maximum absolute atomic E-state index is 6.76. The average Bonchev–Trinajstić information content (AvgIpc) is 3.16. The third kappa shape index (κ3) is 3.48. The van der Waals surface area contributed by atoms with Gasteiger partial charge in [-0.2, -0.15) is 0 Å². The van der Waals surface area contributed by atoms with Crippen LogP contribution in [0, 0.1) is 0 Å². The number of ether oxygens (including phenoxy) is 3. The number of hydrogen-bond acceptors (Lipinski definition) is 4. The number of para-hydroxylation sites is 1. The topological polar surface area (TPSA) is 40.8 Å². The predicted octanol–water partition coefficient (Wildman–Crippen LogP) is 9.52. The third-order valence-corrected chi connectivity index (χ3v) is 9.83. The summed E-state index contributed by atoms with van der Waals surface area (Å²) in [4.78, 5) is 0. The molecule has 0 saturated heterocycles. The van der Waals surface area contributed by atoms with Gasteiger partial charge in [-0.1, -0.05) is 84.9 Å². The Labute approximate surface area is 269 Å². The molecule has 0 saturated carbocycles. The van der Waals surface area contributed by atoms with Crippen LogP contribution < -0.4 is 30.6 Å². The van der Waals surface area contributed by atoms with Crippen LogP contribution in [0.15, 0.2) is 144 Å². The molecule has 0 fully saturated rings. The van der Waals surface area contributed by atoms with Gasteiger partial charge in [0.1, 0.15) is 45.7 Å². The smallest absolute Gasteiger partial charge is 0.270 e. The number of fused-ring (bicyclic) bond motifs is 7. The van der Waals surface area contributed by atoms with E-state index in [1.165, 1.54) is 5.39 Å². The lowest BCUT2D eigenvalue weighted by atomic mass is 9.34. The Bertz CT molecular complexity index is 2670. The van der Waals surface area contributed by atoms with Crippen LogP contribution in [-0.4, -0.2) is 6.71 Å². The van der Waals surface area contributed by atoms with Gasteiger partial charge in [-0.15, -0.1) is 0 Å². The fraction of sp³-hybridized carbons (Fsp3) is 0. The molecule has 0 spiro atoms. The summed E-state index contributed by atoms with van der Waals surface area (Å²) in [5.74, 6) is 4.91. The minimum absolute atomic E-state index is 0.0114. The van der Waals surface area contributed by atoms with Crippen molar-refractivity contribution >= 4 is 66.6 Å². The molecule has 3 aliphatic heterocycles. The van der Waals surface area contributed by atoms with Gasteiger partial charge < -0.3 is 18.6 Å². The monoisotopic (exact) mass is 602 g/mol. The number of rotatable bonds is 1. The molecule has 8 aromatic rings. The zero-order valence-corrected chi connectivity index (χ0v) is 25.0. The van der Waals surface area contributed by atoms with Crippen molar-refractivity contribution in [2.24, 2.45) is 0 Å². The minimum Gasteiger partial charge on any atom is -0.458 e. The van der Waals surface area contributed by atoms with Crippen molar-refractivity contribution in [3.8, 4) is 45.6 Å². The minimum atomic E-state index is -0.0114. The first-order chi connectivity index (χ1) is 23.3. The lowest BCUT2D eigenvalue weighted by molar-refractivity contribution is 0.443. The summed E-state index contributed by atoms with van der Waals surface area (Å²) >= 11 is 0. The molecule has 0 bridgehead atoms. The second-order valence-electron chi connectivity index (χ2n) is 12.4. The van der Waals surface area contributed by atoms with Gasteiger partial charge in [0.2, 0.25) is 0 Å². The highest BCUT2D eigenvalue weighted by atomic mass is 16.5. The lowest BCUT2D eigenvalue weighted by Gasteiger charge is -2.37. The molecule has 4 heterocycles. The molecule has 7 aromatic carbocycles. The van der Waals surface area contributed by atoms with Crippen LogP contribution in [0.5, 0.6) is 34.5 Å². The maximum atomic E-state index is 6.76. The molecule has 1 aromatic heterocycles. The average molecular weight is 602 g/mol. The highest BCUT2D eigenvalue weighted by Crippen LogP contribution is 2.44. The van der Waals surface area contributed by atoms with E-state index >= 15 is 0 Å². The standard InChI is InChI=1S/C42H23BO4/c1-3-11-28-26(9-1)27-10-2-4-12-29(27)31-21-24(19-20-33(31)44-32-14-6-5-13-30(28)32)25-22-38-42-39(23-25)47-37-18-8-16-35-41(37)43(42)40-34(45-35)15-7-17-36(40)46-38/h1-23H. The summed E-state index contributed by atoms with van der Waals surface area (Å²) in [6.45, 7) is -0.0114. The third-order valence-electron chi connectivity index (χ3n) is 9.83. The first-order valence-corrected chi connectivity index (χ1v) is 15.9. The van der Waals surface area contributed by atoms with Crippen molar-refractivity contribution in [3.63, 3.8) is 0 Å². The van der Waals surface area contributed by atoms with Gasteiger partial charge in [-0.3, -0.25) is 0 Å². The molecule has 0 aliphatic carbocycles. The van der Waals surface area contributed by atoms with Crippen molar-refractivity contribution < 1.29 is 18.6 Å². The molecule has 218 valence electrons. The van der Waals surface area contributed by atoms with Crippen LogP contribution in [0.25, 0.3) is 54.6 Å². The van der Waals surface area contributed by atoms with Crippen molar-refractivity contribution in [2.75, 3.05) is 0 Å². The molecular formula is C42H23BO4. The molecule has 0 unspecified atom stereocenters. The second kappa shape index (κ2) is 9.18. The zero-order chi connectivity index (χ0) is 30.6. The van der Waals surface area contributed by atoms with E-state index in [0.29, 0.717) is 0 Å². The first-order valence-electron chi connectivity index (χ1n) is 15.9. The van der Waals surface area contributed by atoms with Crippen LogP contribution in [0.4, 0.5) is 0 Å². The van der Waals surface area contributed by atoms with Gasteiger partial charge in [0.05, 0.1) is 0 Å². The van der Waals surface area contributed by atoms with Gasteiger partial charge >= 0.3 is 0 Å². The van der Waals surface area contributed by atoms with Gasteiger partial charge in [0, 0.05) is 27.2 Å². The summed E-state index contributed by atoms with van der Waals surface area (Å²) in [6.07, 6.45) is 0. The summed E-state index contributed by atoms with van der Waals surface area (Å²) in [6, 6.07) is 48.2. The Morgan fingerprint density at radius 1 is 0.319 bits per heavy atom. The summed E-state index contributed by atoms with van der Waals surface area (Å²) in [5, 5.41) is 6.68. The largest absolute Gasteiger partial charge is 0.458 e. The van der Waals surface area contributed by atoms with E-state index in [-0.39, 0.29) is 6.71 Å². The quantitative estimate of drug-likeness (QED) is 0.176. The van der Waals surface area contributed by atoms with E-state index < -0.39 is 0 Å². The van der Waals surface area contributed by atoms with E-state index in [4.69, 9.17) is 18.6 Å². The van der Waals surface area contributed by atoms with Gasteiger partial charge in [-0.05, 0) is 87.3 Å². The van der Waals surface area contributed by atoms with Crippen LogP contribution in [0.1, 0.15) is 0 Å². The van der Waals surface area contributed by atoms with Crippen molar-refractivity contribution in [1.29, 1.82) is 0 Å². The molecule has 47 heavy (non-hydrogen) atoms. The molecule has 3 aliphatic rings. The number of benzene rings is 7. The summed E-state index contributed by atoms with van der Waals surface area (Å²) in [7, 11) is 0. The van der Waals surface area contributed by atoms with Crippen LogP contribution in [0.2, 0.25) is 0 Å². The normalized spacial score (nSPS) is 13.1. The highest BCUT2D eigenvalue weighted by molar-refractivity contribution is 6.99. The van der Waals surface area contributed by atoms with Crippen molar-refractivity contribution in [1.82, 2.24) is 0 Å². The molecule has 11 rings (SSSR count). The summed E-state index contributed by atoms with van der Waals surface area (Å²) in [5.41, 5.74) is 6.84. The molecule has 4 nitrogen and oxygen atoms in total. The van der Waals surface area contributed by atoms with Crippen LogP contribution in [0.3, 0.4) is 0 Å². The second-order valence-corrected chi connectivity index (χ2v) is 12.4. The molecule has 5 heteroatoms. The Morgan fingerprint density at radius 3 is 1.36 bits per heavy atom. The molecule has 0 N–H and O–H groups in total. The predicted molar refractivity (Wildman–Crippen MR) is 190 cm³/mol. The maximum Gasteiger partial charge on any atom is 0.270 e. The van der Waals surface area contributed by atoms with Gasteiger partial charge in [-0.25, -0.2) is 0 Å². The Balaban J connectivity index is 1.20. The van der Waals surface area contributed by atoms with Gasteiger partial charge in [0.15, 0.2) is 0 Å². The van der Waals surface area contributed by atoms with E-state index in [1.54, 1.807) is 0 Å². The van der Waals surface area contributed by atoms with Crippen LogP contribution >= 0.6 is 0 Å². The van der Waals surface area contributed by atoms with E-state index in [2.05, 4.69) is 91.0 Å². The molecular weight excluding hydrogens is 579 g/mol. The van der Waals surface area contributed by atoms with Crippen molar-refractivity contribution in [2.45, 2.75) is 0 Å². The Hall–Kier alpha value is -6.20. The van der Waals surface area contributed by atoms with Gasteiger partial charge in [0.25, 0.3) is 6.71 Å². The SMILES string of the molecule is c1cc2c3c(c1)Oc1cc(-c4ccc5oc6ccccc6c6ccccc6c6ccccc6c5c4)cc4c1B3c1c(cccc1O4)O2. The fourth-order valence-electron chi connectivity index (χ4n) is 7.79. The van der Waals surface area contributed by atoms with E-state index in [1.807, 2.05) is 48.5 Å². The Morgan fingerprint density at radius 2 is 0.766 bits per heavy atom. The molecule has 0 radical (unpaired) electrons. The fourth-order valence-corrected chi connectivity index (χ4v) is 7.79. The lowest BCUT2D eigenvalue weighted by Crippen LogP contribution is -2.59. The van der Waals surface area contributed by atoms with E-state index in [9.17, 15) is 0 Å².